The van der Waals surface area contributed by atoms with Gasteiger partial charge in [-0.2, -0.15) is 9.61 Å². The Morgan fingerprint density at radius 2 is 1.88 bits per heavy atom. The molecule has 2 aliphatic rings. The van der Waals surface area contributed by atoms with Crippen molar-refractivity contribution in [2.45, 2.75) is 97.0 Å². The van der Waals surface area contributed by atoms with E-state index in [1.807, 2.05) is 68.6 Å². The van der Waals surface area contributed by atoms with E-state index >= 15 is 4.39 Å². The number of carbonyl (C=O) groups excluding carboxylic acids is 1. The number of halogens is 1. The maximum atomic E-state index is 15.5. The normalized spacial score (nSPS) is 17.7. The third-order valence-corrected chi connectivity index (χ3v) is 9.27. The molecule has 5 rings (SSSR count). The van der Waals surface area contributed by atoms with Crippen LogP contribution in [0, 0.1) is 6.92 Å². The fourth-order valence-corrected chi connectivity index (χ4v) is 6.76. The number of fused-ring (bicyclic) bond motifs is 1. The van der Waals surface area contributed by atoms with Crippen LogP contribution in [0.2, 0.25) is 0 Å². The molecule has 9 nitrogen and oxygen atoms in total. The largest absolute Gasteiger partial charge is 0.467 e. The van der Waals surface area contributed by atoms with Crippen molar-refractivity contribution in [1.29, 1.82) is 0 Å². The summed E-state index contributed by atoms with van der Waals surface area (Å²) in [5, 5.41) is 8.64. The summed E-state index contributed by atoms with van der Waals surface area (Å²) in [4.78, 5) is 20.6. The maximum absolute atomic E-state index is 15.5. The summed E-state index contributed by atoms with van der Waals surface area (Å²) in [5.41, 5.74) is 4.65. The number of ether oxygens (including phenoxy) is 3. The minimum Gasteiger partial charge on any atom is -0.467 e. The number of hydrogen-bond acceptors (Lipinski definition) is 8. The fourth-order valence-electron chi connectivity index (χ4n) is 6.76. The summed E-state index contributed by atoms with van der Waals surface area (Å²) in [6, 6.07) is 9.88. The second kappa shape index (κ2) is 15.3. The molecule has 1 aliphatic carbocycles. The smallest absolute Gasteiger partial charge is 0.339 e. The van der Waals surface area contributed by atoms with E-state index < -0.39 is 17.7 Å². The average Bonchev–Trinajstić information content (AvgIpc) is 3.49. The molecule has 10 heteroatoms. The van der Waals surface area contributed by atoms with Crippen molar-refractivity contribution in [2.24, 2.45) is 0 Å². The van der Waals surface area contributed by atoms with Crippen LogP contribution in [0.4, 0.5) is 10.2 Å². The molecule has 50 heavy (non-hydrogen) atoms. The first kappa shape index (κ1) is 37.0. The highest BCUT2D eigenvalue weighted by Crippen LogP contribution is 2.40. The van der Waals surface area contributed by atoms with Crippen molar-refractivity contribution < 1.29 is 23.4 Å². The highest BCUT2D eigenvalue weighted by atomic mass is 19.1. The lowest BCUT2D eigenvalue weighted by molar-refractivity contribution is -0.164. The number of nitrogens with zero attached hydrogens (tertiary/aromatic N) is 4. The predicted molar refractivity (Wildman–Crippen MR) is 198 cm³/mol. The lowest BCUT2D eigenvalue weighted by Gasteiger charge is -2.41. The van der Waals surface area contributed by atoms with E-state index in [0.717, 1.165) is 48.3 Å². The van der Waals surface area contributed by atoms with Gasteiger partial charge in [0.2, 0.25) is 0 Å². The van der Waals surface area contributed by atoms with Crippen LogP contribution < -0.4 is 10.2 Å². The zero-order valence-electron chi connectivity index (χ0n) is 30.6. The third-order valence-electron chi connectivity index (χ3n) is 9.27. The second-order valence-electron chi connectivity index (χ2n) is 14.5. The molecule has 2 atom stereocenters. The van der Waals surface area contributed by atoms with Crippen molar-refractivity contribution in [3.05, 3.63) is 90.1 Å². The van der Waals surface area contributed by atoms with Crippen molar-refractivity contribution >= 4 is 23.0 Å². The van der Waals surface area contributed by atoms with E-state index in [0.29, 0.717) is 54.3 Å². The molecule has 268 valence electrons. The van der Waals surface area contributed by atoms with E-state index in [2.05, 4.69) is 37.2 Å². The van der Waals surface area contributed by atoms with E-state index in [9.17, 15) is 4.79 Å². The first-order chi connectivity index (χ1) is 23.8. The van der Waals surface area contributed by atoms with Gasteiger partial charge < -0.3 is 24.4 Å². The third kappa shape index (κ3) is 8.19. The number of anilines is 1. The number of rotatable bonds is 13. The van der Waals surface area contributed by atoms with E-state index in [1.165, 1.54) is 7.11 Å². The van der Waals surface area contributed by atoms with Crippen molar-refractivity contribution in [3.8, 4) is 11.3 Å². The number of allylic oxidation sites excluding steroid dienone is 4. The van der Waals surface area contributed by atoms with Gasteiger partial charge in [0.1, 0.15) is 11.6 Å². The van der Waals surface area contributed by atoms with Crippen LogP contribution in [0.5, 0.6) is 0 Å². The molecule has 0 unspecified atom stereocenters. The van der Waals surface area contributed by atoms with E-state index in [-0.39, 0.29) is 17.5 Å². The van der Waals surface area contributed by atoms with Gasteiger partial charge in [-0.1, -0.05) is 30.4 Å². The molecule has 0 bridgehead atoms. The van der Waals surface area contributed by atoms with Crippen molar-refractivity contribution in [3.63, 3.8) is 0 Å². The molecule has 1 N–H and O–H groups in total. The molecule has 0 radical (unpaired) electrons. The molecule has 0 amide bonds. The SMILES string of the molecule is C=CCOC1(C)CCN(c2c([C@H](OC(C)(C)C)C(=O)OC)c(C)nc3cc(-c4cccc(C5=C(N[C@@H](C)CC=C)CCC=C5F)c4)nn23)CC1. The number of esters is 1. The van der Waals surface area contributed by atoms with Gasteiger partial charge >= 0.3 is 5.97 Å². The molecule has 0 saturated carbocycles. The van der Waals surface area contributed by atoms with Crippen LogP contribution in [0.1, 0.15) is 89.6 Å². The Kier molecular flexibility index (Phi) is 11.3. The predicted octanol–water partition coefficient (Wildman–Crippen LogP) is 8.21. The van der Waals surface area contributed by atoms with Gasteiger partial charge in [0, 0.05) is 47.7 Å². The summed E-state index contributed by atoms with van der Waals surface area (Å²) in [7, 11) is 1.37. The number of nitrogens with one attached hydrogen (secondary N) is 1. The van der Waals surface area contributed by atoms with Gasteiger partial charge in [0.15, 0.2) is 11.8 Å². The van der Waals surface area contributed by atoms with Crippen molar-refractivity contribution in [2.75, 3.05) is 31.7 Å². The summed E-state index contributed by atoms with van der Waals surface area (Å²) >= 11 is 0. The molecule has 0 spiro atoms. The molecule has 3 aromatic rings. The minimum atomic E-state index is -1.03. The van der Waals surface area contributed by atoms with Gasteiger partial charge in [-0.25, -0.2) is 14.2 Å². The van der Waals surface area contributed by atoms with Crippen molar-refractivity contribution in [1.82, 2.24) is 19.9 Å². The molecule has 1 aliphatic heterocycles. The van der Waals surface area contributed by atoms with Crippen LogP contribution in [0.3, 0.4) is 0 Å². The van der Waals surface area contributed by atoms with Crippen LogP contribution in [0.15, 0.2) is 73.2 Å². The summed E-state index contributed by atoms with van der Waals surface area (Å²) < 4.78 is 35.2. The highest BCUT2D eigenvalue weighted by Gasteiger charge is 2.38. The van der Waals surface area contributed by atoms with Gasteiger partial charge in [-0.3, -0.25) is 0 Å². The van der Waals surface area contributed by atoms with Gasteiger partial charge in [-0.15, -0.1) is 13.2 Å². The molecule has 1 saturated heterocycles. The Hall–Kier alpha value is -4.28. The zero-order valence-corrected chi connectivity index (χ0v) is 30.6. The summed E-state index contributed by atoms with van der Waals surface area (Å²) in [6.07, 6.45) is 7.93. The Balaban J connectivity index is 1.64. The Morgan fingerprint density at radius 3 is 2.54 bits per heavy atom. The average molecular weight is 686 g/mol. The monoisotopic (exact) mass is 685 g/mol. The van der Waals surface area contributed by atoms with Crippen LogP contribution in [0.25, 0.3) is 22.5 Å². The number of piperidine rings is 1. The lowest BCUT2D eigenvalue weighted by Crippen LogP contribution is -2.45. The van der Waals surface area contributed by atoms with E-state index in [1.54, 1.807) is 12.2 Å². The number of aryl methyl sites for hydroxylation is 1. The second-order valence-corrected chi connectivity index (χ2v) is 14.5. The maximum Gasteiger partial charge on any atom is 0.339 e. The molecular formula is C40H52FN5O4. The number of carbonyl (C=O) groups is 1. The topological polar surface area (TPSA) is 90.2 Å². The number of methoxy groups -OCH3 is 1. The summed E-state index contributed by atoms with van der Waals surface area (Å²) in [5.74, 6) is -0.0147. The zero-order chi connectivity index (χ0) is 36.2. The molecular weight excluding hydrogens is 633 g/mol. The first-order valence-electron chi connectivity index (χ1n) is 17.5. The Morgan fingerprint density at radius 1 is 1.16 bits per heavy atom. The van der Waals surface area contributed by atoms with Crippen LogP contribution >= 0.6 is 0 Å². The lowest BCUT2D eigenvalue weighted by atomic mass is 9.92. The molecule has 1 fully saturated rings. The Labute approximate surface area is 295 Å². The number of hydrogen-bond donors (Lipinski definition) is 1. The van der Waals surface area contributed by atoms with Gasteiger partial charge in [-0.05, 0) is 91.4 Å². The van der Waals surface area contributed by atoms with E-state index in [4.69, 9.17) is 24.3 Å². The summed E-state index contributed by atoms with van der Waals surface area (Å²) in [6.45, 7) is 21.3. The minimum absolute atomic E-state index is 0.129. The van der Waals surface area contributed by atoms with Gasteiger partial charge in [0.25, 0.3) is 0 Å². The number of benzene rings is 1. The fraction of sp³-hybridized carbons (Fsp3) is 0.475. The van der Waals surface area contributed by atoms with Gasteiger partial charge in [0.05, 0.1) is 36.2 Å². The standard InChI is InChI=1S/C40H52FN5O4/c1-10-14-26(3)42-31-18-13-17-30(41)35(31)29-16-12-15-28(24-29)32-25-33-43-27(4)34(36(38(47)48-9)50-39(5,6)7)37(46(33)44-32)45-21-19-40(8,20-22-45)49-23-11-2/h10-12,15-17,24-26,36,42H,1-2,13-14,18-23H2,3-9H3/t26-,36-/m0/s1. The van der Waals surface area contributed by atoms with Crippen LogP contribution in [-0.4, -0.2) is 64.6 Å². The quantitative estimate of drug-likeness (QED) is 0.142. The molecule has 3 heterocycles. The first-order valence-corrected chi connectivity index (χ1v) is 17.5. The Bertz CT molecular complexity index is 1790. The molecule has 1 aromatic carbocycles. The van der Waals surface area contributed by atoms with Crippen LogP contribution in [-0.2, 0) is 19.0 Å². The molecule has 2 aromatic heterocycles. The highest BCUT2D eigenvalue weighted by molar-refractivity contribution is 5.83. The number of aromatic nitrogens is 3.